The molecule has 1 aliphatic carbocycles. The van der Waals surface area contributed by atoms with Crippen LogP contribution in [-0.4, -0.2) is 85.9 Å². The van der Waals surface area contributed by atoms with Crippen molar-refractivity contribution in [2.75, 3.05) is 44.2 Å². The minimum atomic E-state index is -1.78. The van der Waals surface area contributed by atoms with E-state index in [1.807, 2.05) is 12.1 Å². The average Bonchev–Trinajstić information content (AvgIpc) is 3.94. The van der Waals surface area contributed by atoms with Crippen LogP contribution in [0.15, 0.2) is 53.5 Å². The number of aryl methyl sites for hydroxylation is 2. The lowest BCUT2D eigenvalue weighted by Gasteiger charge is -2.34. The number of nitrogens with zero attached hydrogens (tertiary/aromatic N) is 6. The average molecular weight is 827 g/mol. The number of phenols is 1. The normalized spacial score (nSPS) is 23.7. The first kappa shape index (κ1) is 39.8. The van der Waals surface area contributed by atoms with Gasteiger partial charge in [0.1, 0.15) is 6.04 Å². The first-order valence-electron chi connectivity index (χ1n) is 21.1. The van der Waals surface area contributed by atoms with E-state index in [1.165, 1.54) is 10.3 Å². The molecule has 5 aromatic rings. The molecule has 13 nitrogen and oxygen atoms in total. The number of carbonyl (C=O) groups excluding carboxylic acids is 3. The van der Waals surface area contributed by atoms with Crippen molar-refractivity contribution in [1.29, 1.82) is 0 Å². The minimum absolute atomic E-state index is 0.132. The van der Waals surface area contributed by atoms with E-state index in [4.69, 9.17) is 5.10 Å². The van der Waals surface area contributed by atoms with Gasteiger partial charge in [-0.3, -0.25) is 33.5 Å². The van der Waals surface area contributed by atoms with Crippen LogP contribution < -0.4 is 21.2 Å². The van der Waals surface area contributed by atoms with Gasteiger partial charge < -0.3 is 20.2 Å². The van der Waals surface area contributed by atoms with Crippen LogP contribution in [0.4, 0.5) is 18.9 Å². The first-order chi connectivity index (χ1) is 28.9. The predicted molar refractivity (Wildman–Crippen MR) is 218 cm³/mol. The number of hydrogen-bond acceptors (Lipinski definition) is 8. The smallest absolute Gasteiger partial charge is 0.329 e. The number of likely N-dealkylation sites (tertiary alicyclic amines) is 1. The van der Waals surface area contributed by atoms with Crippen LogP contribution in [0.5, 0.6) is 5.75 Å². The van der Waals surface area contributed by atoms with Gasteiger partial charge in [0.2, 0.25) is 17.6 Å². The maximum absolute atomic E-state index is 14.2. The molecule has 3 aliphatic heterocycles. The quantitative estimate of drug-likeness (QED) is 0.126. The van der Waals surface area contributed by atoms with E-state index in [0.29, 0.717) is 29.8 Å². The lowest BCUT2D eigenvalue weighted by Crippen LogP contribution is -2.44. The molecule has 4 aliphatic rings. The van der Waals surface area contributed by atoms with E-state index in [9.17, 15) is 37.5 Å². The van der Waals surface area contributed by atoms with Gasteiger partial charge in [-0.15, -0.1) is 0 Å². The number of imidazole rings is 1. The first-order valence-corrected chi connectivity index (χ1v) is 21.1. The van der Waals surface area contributed by atoms with Gasteiger partial charge in [-0.1, -0.05) is 6.07 Å². The third-order valence-corrected chi connectivity index (χ3v) is 13.5. The lowest BCUT2D eigenvalue weighted by atomic mass is 9.86. The molecule has 9 rings (SSSR count). The van der Waals surface area contributed by atoms with Crippen LogP contribution in [0.1, 0.15) is 79.4 Å². The fourth-order valence-corrected chi connectivity index (χ4v) is 10.1. The minimum Gasteiger partial charge on any atom is -0.503 e. The summed E-state index contributed by atoms with van der Waals surface area (Å²) in [6.45, 7) is 5.43. The molecule has 1 saturated carbocycles. The Labute approximate surface area is 344 Å². The van der Waals surface area contributed by atoms with Gasteiger partial charge in [0.25, 0.3) is 5.91 Å². The van der Waals surface area contributed by atoms with E-state index in [0.717, 1.165) is 99.7 Å². The number of anilines is 1. The molecule has 1 unspecified atom stereocenters. The Morgan fingerprint density at radius 3 is 2.52 bits per heavy atom. The van der Waals surface area contributed by atoms with E-state index >= 15 is 0 Å². The summed E-state index contributed by atoms with van der Waals surface area (Å²) < 4.78 is 46.8. The van der Waals surface area contributed by atoms with E-state index in [2.05, 4.69) is 55.6 Å². The molecular formula is C44H49F3N8O5. The highest BCUT2D eigenvalue weighted by Crippen LogP contribution is 2.37. The number of fused-ring (bicyclic) bond motifs is 3. The third-order valence-electron chi connectivity index (χ3n) is 13.5. The molecule has 2 aromatic heterocycles. The van der Waals surface area contributed by atoms with Crippen molar-refractivity contribution >= 4 is 45.3 Å². The second-order valence-electron chi connectivity index (χ2n) is 17.2. The van der Waals surface area contributed by atoms with Crippen molar-refractivity contribution in [3.63, 3.8) is 0 Å². The summed E-state index contributed by atoms with van der Waals surface area (Å²) in [5.41, 5.74) is 3.76. The molecule has 4 fully saturated rings. The number of aromatic hydroxyl groups is 1. The molecule has 3 aromatic carbocycles. The Balaban J connectivity index is 0.753. The van der Waals surface area contributed by atoms with Crippen molar-refractivity contribution in [3.05, 3.63) is 87.7 Å². The number of piperidine rings is 2. The Morgan fingerprint density at radius 2 is 1.72 bits per heavy atom. The van der Waals surface area contributed by atoms with Crippen LogP contribution >= 0.6 is 0 Å². The van der Waals surface area contributed by atoms with Crippen molar-refractivity contribution in [2.24, 2.45) is 24.8 Å². The molecule has 3 amide bonds. The van der Waals surface area contributed by atoms with Crippen LogP contribution in [0.2, 0.25) is 0 Å². The molecule has 3 atom stereocenters. The molecule has 60 heavy (non-hydrogen) atoms. The second kappa shape index (κ2) is 16.1. The summed E-state index contributed by atoms with van der Waals surface area (Å²) in [6, 6.07) is 12.6. The number of aromatic nitrogens is 4. The van der Waals surface area contributed by atoms with Crippen LogP contribution in [-0.2, 0) is 23.1 Å². The predicted octanol–water partition coefficient (Wildman–Crippen LogP) is 5.34. The number of benzene rings is 3. The van der Waals surface area contributed by atoms with E-state index < -0.39 is 46.6 Å². The zero-order valence-electron chi connectivity index (χ0n) is 33.5. The monoisotopic (exact) mass is 826 g/mol. The number of amides is 3. The molecular weight excluding hydrogens is 778 g/mol. The maximum Gasteiger partial charge on any atom is 0.329 e. The summed E-state index contributed by atoms with van der Waals surface area (Å²) in [7, 11) is 1.73. The third kappa shape index (κ3) is 7.54. The number of phenolic OH excluding ortho intramolecular Hbond substituents is 1. The maximum atomic E-state index is 14.2. The Bertz CT molecular complexity index is 2560. The standard InChI is InChI=1S/C44H49F3N8O5/c1-51-37-17-25(6-11-35(37)55(44(51)60)36-12-13-38(56)49-43(36)59)3-2-15-52-16-14-27-22-53(23-29(27)21-52)31-10-7-28-24-54(50-34(28)18-31)30-8-4-26(5-9-30)20-48-42(58)32-19-33(45)41(57)40(47)39(32)46/h6-7,10-11,17-19,24,26-27,29-30,36,57H,2-5,8-9,12-16,20-23H2,1H3,(H,48,58)(H,49,56,59)/t26-,27-,29-,30-,36?/m1/s1. The van der Waals surface area contributed by atoms with Crippen LogP contribution in [0, 0.1) is 35.2 Å². The second-order valence-corrected chi connectivity index (χ2v) is 17.2. The molecule has 0 radical (unpaired) electrons. The summed E-state index contributed by atoms with van der Waals surface area (Å²) >= 11 is 0. The van der Waals surface area contributed by atoms with Crippen molar-refractivity contribution in [3.8, 4) is 5.75 Å². The van der Waals surface area contributed by atoms with Gasteiger partial charge in [-0.2, -0.15) is 9.49 Å². The summed E-state index contributed by atoms with van der Waals surface area (Å²) in [5, 5.41) is 20.3. The number of rotatable bonds is 10. The highest BCUT2D eigenvalue weighted by Gasteiger charge is 2.37. The van der Waals surface area contributed by atoms with Crippen molar-refractivity contribution in [1.82, 2.24) is 34.4 Å². The molecule has 5 heterocycles. The van der Waals surface area contributed by atoms with Gasteiger partial charge >= 0.3 is 5.69 Å². The van der Waals surface area contributed by atoms with Crippen LogP contribution in [0.25, 0.3) is 21.9 Å². The highest BCUT2D eigenvalue weighted by molar-refractivity contribution is 6.00. The van der Waals surface area contributed by atoms with E-state index in [1.54, 1.807) is 11.6 Å². The Kier molecular flexibility index (Phi) is 10.7. The zero-order valence-corrected chi connectivity index (χ0v) is 33.5. The van der Waals surface area contributed by atoms with Crippen molar-refractivity contribution in [2.45, 2.75) is 69.9 Å². The van der Waals surface area contributed by atoms with Crippen LogP contribution in [0.3, 0.4) is 0 Å². The summed E-state index contributed by atoms with van der Waals surface area (Å²) in [4.78, 5) is 55.0. The highest BCUT2D eigenvalue weighted by atomic mass is 19.2. The van der Waals surface area contributed by atoms with Gasteiger partial charge in [-0.05, 0) is 124 Å². The fraction of sp³-hybridized carbons (Fsp3) is 0.477. The number of imide groups is 1. The molecule has 16 heteroatoms. The molecule has 0 bridgehead atoms. The SMILES string of the molecule is Cn1c(=O)n(C2CCC(=O)NC2=O)c2ccc(CCCN3CC[C@@H]4CN(c5ccc6cn([C@H]7CC[C@H](CNC(=O)c8cc(F)c(O)c(F)c8F)CC7)nc6c5)C[C@H]4C3)cc21. The molecule has 0 spiro atoms. The molecule has 3 N–H and O–H groups in total. The van der Waals surface area contributed by atoms with Gasteiger partial charge in [0, 0.05) is 56.9 Å². The Morgan fingerprint density at radius 1 is 0.917 bits per heavy atom. The number of carbonyl (C=O) groups is 3. The van der Waals surface area contributed by atoms with Gasteiger partial charge in [0.05, 0.1) is 28.2 Å². The summed E-state index contributed by atoms with van der Waals surface area (Å²) in [5.74, 6) is -6.46. The largest absolute Gasteiger partial charge is 0.503 e. The van der Waals surface area contributed by atoms with Crippen molar-refractivity contribution < 1.29 is 32.7 Å². The van der Waals surface area contributed by atoms with Gasteiger partial charge in [-0.25, -0.2) is 13.6 Å². The number of halogens is 3. The number of hydrogen-bond donors (Lipinski definition) is 3. The van der Waals surface area contributed by atoms with Gasteiger partial charge in [0.15, 0.2) is 17.4 Å². The molecule has 316 valence electrons. The molecule has 3 saturated heterocycles. The topological polar surface area (TPSA) is 147 Å². The fourth-order valence-electron chi connectivity index (χ4n) is 10.1. The number of nitrogens with one attached hydrogen (secondary N) is 2. The zero-order chi connectivity index (χ0) is 41.8. The Hall–Kier alpha value is -5.64. The van der Waals surface area contributed by atoms with E-state index in [-0.39, 0.29) is 36.5 Å². The summed E-state index contributed by atoms with van der Waals surface area (Å²) in [6.07, 6.45) is 8.98. The lowest BCUT2D eigenvalue weighted by molar-refractivity contribution is -0.135.